The van der Waals surface area contributed by atoms with E-state index in [0.717, 1.165) is 11.1 Å². The van der Waals surface area contributed by atoms with Gasteiger partial charge in [-0.15, -0.1) is 0 Å². The van der Waals surface area contributed by atoms with E-state index in [-0.39, 0.29) is 0 Å². The molecule has 0 saturated carbocycles. The third-order valence-electron chi connectivity index (χ3n) is 2.71. The van der Waals surface area contributed by atoms with Crippen molar-refractivity contribution in [3.63, 3.8) is 0 Å². The fourth-order valence-corrected chi connectivity index (χ4v) is 2.01. The summed E-state index contributed by atoms with van der Waals surface area (Å²) in [5.41, 5.74) is 1.70. The SMILES string of the molecule is COc1cc(Cl)ccc1-c1cc(NC(=O)O)n(C)c1. The maximum absolute atomic E-state index is 10.7. The maximum Gasteiger partial charge on any atom is 0.410 e. The van der Waals surface area contributed by atoms with Gasteiger partial charge in [0.1, 0.15) is 11.6 Å². The van der Waals surface area contributed by atoms with Crippen molar-refractivity contribution in [2.45, 2.75) is 0 Å². The molecule has 100 valence electrons. The Bertz CT molecular complexity index is 622. The number of aromatic nitrogens is 1. The standard InChI is InChI=1S/C13H13ClN2O3/c1-16-7-8(5-12(16)15-13(17)18)10-4-3-9(14)6-11(10)19-2/h3-7,15H,1-2H3,(H,17,18). The zero-order valence-electron chi connectivity index (χ0n) is 10.5. The van der Waals surface area contributed by atoms with Crippen LogP contribution in [0.3, 0.4) is 0 Å². The maximum atomic E-state index is 10.7. The highest BCUT2D eigenvalue weighted by Crippen LogP contribution is 2.34. The molecule has 6 heteroatoms. The molecule has 0 aliphatic heterocycles. The first kappa shape index (κ1) is 13.3. The number of nitrogens with zero attached hydrogens (tertiary/aromatic N) is 1. The molecule has 0 radical (unpaired) electrons. The van der Waals surface area contributed by atoms with Crippen LogP contribution in [-0.4, -0.2) is 22.9 Å². The van der Waals surface area contributed by atoms with Crippen LogP contribution >= 0.6 is 11.6 Å². The molecule has 2 rings (SSSR count). The summed E-state index contributed by atoms with van der Waals surface area (Å²) in [6.45, 7) is 0. The summed E-state index contributed by atoms with van der Waals surface area (Å²) in [5.74, 6) is 1.12. The Morgan fingerprint density at radius 2 is 2.16 bits per heavy atom. The average molecular weight is 281 g/mol. The van der Waals surface area contributed by atoms with Gasteiger partial charge in [-0.25, -0.2) is 4.79 Å². The number of halogens is 1. The summed E-state index contributed by atoms with van der Waals surface area (Å²) in [4.78, 5) is 10.7. The van der Waals surface area contributed by atoms with Crippen LogP contribution in [-0.2, 0) is 7.05 Å². The van der Waals surface area contributed by atoms with Crippen LogP contribution in [0.4, 0.5) is 10.6 Å². The summed E-state index contributed by atoms with van der Waals surface area (Å²) >= 11 is 5.91. The smallest absolute Gasteiger partial charge is 0.410 e. The lowest BCUT2D eigenvalue weighted by Gasteiger charge is -2.06. The first-order chi connectivity index (χ1) is 9.01. The lowest BCUT2D eigenvalue weighted by atomic mass is 10.1. The minimum atomic E-state index is -1.10. The summed E-state index contributed by atoms with van der Waals surface area (Å²) in [5, 5.41) is 11.7. The number of aryl methyl sites for hydroxylation is 1. The number of benzene rings is 1. The lowest BCUT2D eigenvalue weighted by Crippen LogP contribution is -2.09. The highest BCUT2D eigenvalue weighted by atomic mass is 35.5. The first-order valence-corrected chi connectivity index (χ1v) is 5.89. The van der Waals surface area contributed by atoms with Crippen molar-refractivity contribution in [3.05, 3.63) is 35.5 Å². The van der Waals surface area contributed by atoms with Crippen LogP contribution in [0.25, 0.3) is 11.1 Å². The molecular weight excluding hydrogens is 268 g/mol. The third-order valence-corrected chi connectivity index (χ3v) is 2.95. The molecule has 2 aromatic rings. The van der Waals surface area contributed by atoms with Crippen molar-refractivity contribution < 1.29 is 14.6 Å². The van der Waals surface area contributed by atoms with E-state index in [1.807, 2.05) is 12.3 Å². The topological polar surface area (TPSA) is 63.5 Å². The van der Waals surface area contributed by atoms with Gasteiger partial charge in [-0.05, 0) is 24.3 Å². The van der Waals surface area contributed by atoms with Crippen molar-refractivity contribution >= 4 is 23.5 Å². The van der Waals surface area contributed by atoms with Gasteiger partial charge in [-0.1, -0.05) is 11.6 Å². The molecule has 0 aliphatic rings. The Kier molecular flexibility index (Phi) is 3.66. The number of carbonyl (C=O) groups is 1. The van der Waals surface area contributed by atoms with Crippen LogP contribution in [0.5, 0.6) is 5.75 Å². The number of ether oxygens (including phenoxy) is 1. The van der Waals surface area contributed by atoms with E-state index in [1.165, 1.54) is 0 Å². The molecule has 0 unspecified atom stereocenters. The van der Waals surface area contributed by atoms with Crippen LogP contribution in [0, 0.1) is 0 Å². The highest BCUT2D eigenvalue weighted by molar-refractivity contribution is 6.30. The molecule has 0 saturated heterocycles. The summed E-state index contributed by atoms with van der Waals surface area (Å²) in [7, 11) is 3.33. The fourth-order valence-electron chi connectivity index (χ4n) is 1.85. The average Bonchev–Trinajstić information content (AvgIpc) is 2.69. The van der Waals surface area contributed by atoms with Gasteiger partial charge in [0.25, 0.3) is 0 Å². The van der Waals surface area contributed by atoms with Crippen LogP contribution in [0.1, 0.15) is 0 Å². The van der Waals surface area contributed by atoms with Gasteiger partial charge in [-0.3, -0.25) is 5.32 Å². The van der Waals surface area contributed by atoms with E-state index in [4.69, 9.17) is 21.4 Å². The molecule has 2 N–H and O–H groups in total. The molecular formula is C13H13ClN2O3. The van der Waals surface area contributed by atoms with Gasteiger partial charge < -0.3 is 14.4 Å². The highest BCUT2D eigenvalue weighted by Gasteiger charge is 2.11. The molecule has 5 nitrogen and oxygen atoms in total. The summed E-state index contributed by atoms with van der Waals surface area (Å²) in [6, 6.07) is 7.05. The predicted octanol–water partition coefficient (Wildman–Crippen LogP) is 3.44. The summed E-state index contributed by atoms with van der Waals surface area (Å²) in [6.07, 6.45) is 0.715. The second-order valence-electron chi connectivity index (χ2n) is 4.00. The second kappa shape index (κ2) is 5.24. The lowest BCUT2D eigenvalue weighted by molar-refractivity contribution is 0.209. The largest absolute Gasteiger partial charge is 0.496 e. The molecule has 0 spiro atoms. The number of carboxylic acid groups (broad SMARTS) is 1. The number of methoxy groups -OCH3 is 1. The number of amides is 1. The fraction of sp³-hybridized carbons (Fsp3) is 0.154. The Hall–Kier alpha value is -2.14. The van der Waals surface area contributed by atoms with Crippen molar-refractivity contribution in [1.82, 2.24) is 4.57 Å². The van der Waals surface area contributed by atoms with E-state index >= 15 is 0 Å². The van der Waals surface area contributed by atoms with Crippen molar-refractivity contribution in [3.8, 4) is 16.9 Å². The van der Waals surface area contributed by atoms with Gasteiger partial charge in [0, 0.05) is 29.4 Å². The van der Waals surface area contributed by atoms with Crippen molar-refractivity contribution in [2.75, 3.05) is 12.4 Å². The van der Waals surface area contributed by atoms with E-state index in [1.54, 1.807) is 36.9 Å². The Morgan fingerprint density at radius 3 is 2.79 bits per heavy atom. The van der Waals surface area contributed by atoms with E-state index in [2.05, 4.69) is 5.32 Å². The number of rotatable bonds is 3. The van der Waals surface area contributed by atoms with E-state index in [0.29, 0.717) is 16.6 Å². The van der Waals surface area contributed by atoms with Crippen LogP contribution in [0.15, 0.2) is 30.5 Å². The molecule has 1 aromatic heterocycles. The van der Waals surface area contributed by atoms with Gasteiger partial charge in [-0.2, -0.15) is 0 Å². The molecule has 0 bridgehead atoms. The second-order valence-corrected chi connectivity index (χ2v) is 4.44. The molecule has 19 heavy (non-hydrogen) atoms. The molecule has 1 heterocycles. The van der Waals surface area contributed by atoms with Crippen LogP contribution in [0.2, 0.25) is 5.02 Å². The monoisotopic (exact) mass is 280 g/mol. The number of hydrogen-bond acceptors (Lipinski definition) is 2. The van der Waals surface area contributed by atoms with E-state index < -0.39 is 6.09 Å². The Labute approximate surface area is 115 Å². The van der Waals surface area contributed by atoms with Gasteiger partial charge in [0.15, 0.2) is 0 Å². The first-order valence-electron chi connectivity index (χ1n) is 5.51. The Morgan fingerprint density at radius 1 is 1.42 bits per heavy atom. The predicted molar refractivity (Wildman–Crippen MR) is 74.1 cm³/mol. The van der Waals surface area contributed by atoms with Gasteiger partial charge >= 0.3 is 6.09 Å². The van der Waals surface area contributed by atoms with Gasteiger partial charge in [0.2, 0.25) is 0 Å². The minimum absolute atomic E-state index is 0.486. The molecule has 1 aromatic carbocycles. The molecule has 0 aliphatic carbocycles. The zero-order valence-corrected chi connectivity index (χ0v) is 11.2. The van der Waals surface area contributed by atoms with E-state index in [9.17, 15) is 4.79 Å². The number of hydrogen-bond donors (Lipinski definition) is 2. The molecule has 0 fully saturated rings. The van der Waals surface area contributed by atoms with Crippen LogP contribution < -0.4 is 10.1 Å². The number of anilines is 1. The normalized spacial score (nSPS) is 10.3. The summed E-state index contributed by atoms with van der Waals surface area (Å²) < 4.78 is 6.97. The minimum Gasteiger partial charge on any atom is -0.496 e. The zero-order chi connectivity index (χ0) is 14.0. The van der Waals surface area contributed by atoms with Gasteiger partial charge in [0.05, 0.1) is 7.11 Å². The molecule has 1 amide bonds. The van der Waals surface area contributed by atoms with Crippen molar-refractivity contribution in [2.24, 2.45) is 7.05 Å². The number of nitrogens with one attached hydrogen (secondary N) is 1. The quantitative estimate of drug-likeness (QED) is 0.905. The Balaban J connectivity index is 2.45. The molecule has 0 atom stereocenters. The van der Waals surface area contributed by atoms with Crippen molar-refractivity contribution in [1.29, 1.82) is 0 Å². The third kappa shape index (κ3) is 2.82.